The molecule has 3 aliphatic rings. The van der Waals surface area contributed by atoms with E-state index in [2.05, 4.69) is 81.3 Å². The van der Waals surface area contributed by atoms with Gasteiger partial charge < -0.3 is 44.6 Å². The number of rotatable bonds is 11. The van der Waals surface area contributed by atoms with Gasteiger partial charge in [-0.3, -0.25) is 9.59 Å². The van der Waals surface area contributed by atoms with Crippen LogP contribution in [0.15, 0.2) is 73.1 Å². The van der Waals surface area contributed by atoms with Crippen LogP contribution in [0.5, 0.6) is 0 Å². The number of ether oxygens (including phenoxy) is 3. The van der Waals surface area contributed by atoms with Crippen LogP contribution in [0.2, 0.25) is 0 Å². The van der Waals surface area contributed by atoms with Gasteiger partial charge in [0.25, 0.3) is 0 Å². The van der Waals surface area contributed by atoms with Gasteiger partial charge in [0.2, 0.25) is 11.8 Å². The Kier molecular flexibility index (Phi) is 12.4. The van der Waals surface area contributed by atoms with Gasteiger partial charge in [-0.2, -0.15) is 0 Å². The van der Waals surface area contributed by atoms with Crippen molar-refractivity contribution in [3.05, 3.63) is 84.7 Å². The van der Waals surface area contributed by atoms with Crippen LogP contribution in [0.25, 0.3) is 44.4 Å². The van der Waals surface area contributed by atoms with Crippen LogP contribution in [-0.2, 0) is 23.8 Å². The minimum absolute atomic E-state index is 0.0265. The number of H-pyrrole nitrogens is 2. The second-order valence-corrected chi connectivity index (χ2v) is 16.5. The van der Waals surface area contributed by atoms with E-state index < -0.39 is 24.3 Å². The molecule has 5 aromatic rings. The zero-order chi connectivity index (χ0) is 42.6. The van der Waals surface area contributed by atoms with Crippen molar-refractivity contribution in [2.24, 2.45) is 11.8 Å². The van der Waals surface area contributed by atoms with Gasteiger partial charge in [0.05, 0.1) is 50.1 Å². The number of nitrogens with zero attached hydrogens (tertiary/aromatic N) is 4. The molecule has 15 nitrogen and oxygen atoms in total. The highest BCUT2D eigenvalue weighted by Crippen LogP contribution is 2.36. The first-order chi connectivity index (χ1) is 29.6. The third kappa shape index (κ3) is 8.83. The van der Waals surface area contributed by atoms with E-state index in [1.54, 1.807) is 0 Å². The van der Waals surface area contributed by atoms with E-state index in [9.17, 15) is 19.2 Å². The van der Waals surface area contributed by atoms with Crippen LogP contribution in [-0.4, -0.2) is 106 Å². The number of methoxy groups -OCH3 is 2. The second kappa shape index (κ2) is 18.2. The van der Waals surface area contributed by atoms with Gasteiger partial charge in [0.15, 0.2) is 0 Å². The number of hydrogen-bond donors (Lipinski definition) is 4. The first-order valence-corrected chi connectivity index (χ1v) is 21.2. The molecule has 2 unspecified atom stereocenters. The summed E-state index contributed by atoms with van der Waals surface area (Å²) in [7, 11) is 2.60. The molecule has 5 heterocycles. The van der Waals surface area contributed by atoms with E-state index in [1.807, 2.05) is 36.0 Å². The van der Waals surface area contributed by atoms with Crippen LogP contribution in [0.1, 0.15) is 76.1 Å². The predicted molar refractivity (Wildman–Crippen MR) is 229 cm³/mol. The third-order valence-corrected chi connectivity index (χ3v) is 12.4. The zero-order valence-corrected chi connectivity index (χ0v) is 35.1. The van der Waals surface area contributed by atoms with Crippen molar-refractivity contribution in [3.63, 3.8) is 0 Å². The summed E-state index contributed by atoms with van der Waals surface area (Å²) >= 11 is 0. The smallest absolute Gasteiger partial charge is 0.407 e. The lowest BCUT2D eigenvalue weighted by Gasteiger charge is -2.34. The molecule has 0 bridgehead atoms. The number of carbonyl (C=O) groups is 4. The van der Waals surface area contributed by atoms with Gasteiger partial charge in [0, 0.05) is 31.9 Å². The fourth-order valence-electron chi connectivity index (χ4n) is 9.04. The highest BCUT2D eigenvalue weighted by atomic mass is 16.5. The Hall–Kier alpha value is -6.22. The molecule has 320 valence electrons. The van der Waals surface area contributed by atoms with Crippen LogP contribution in [0, 0.1) is 11.8 Å². The number of aromatic amines is 2. The summed E-state index contributed by atoms with van der Waals surface area (Å²) in [6, 6.07) is 19.3. The summed E-state index contributed by atoms with van der Waals surface area (Å²) in [6.07, 6.45) is 7.05. The minimum Gasteiger partial charge on any atom is -0.453 e. The van der Waals surface area contributed by atoms with Gasteiger partial charge in [-0.1, -0.05) is 62.4 Å². The lowest BCUT2D eigenvalue weighted by Crippen LogP contribution is -2.53. The molecule has 3 aliphatic heterocycles. The molecular weight excluding hydrogens is 777 g/mol. The monoisotopic (exact) mass is 830 g/mol. The Morgan fingerprint density at radius 3 is 1.77 bits per heavy atom. The number of nitrogens with one attached hydrogen (secondary N) is 4. The van der Waals surface area contributed by atoms with E-state index in [1.165, 1.54) is 14.2 Å². The topological polar surface area (TPSA) is 184 Å². The van der Waals surface area contributed by atoms with Gasteiger partial charge in [-0.05, 0) is 90.0 Å². The van der Waals surface area contributed by atoms with Crippen molar-refractivity contribution in [2.75, 3.05) is 40.5 Å². The maximum Gasteiger partial charge on any atom is 0.407 e. The zero-order valence-electron chi connectivity index (χ0n) is 35.1. The van der Waals surface area contributed by atoms with E-state index in [0.717, 1.165) is 81.7 Å². The van der Waals surface area contributed by atoms with Crippen LogP contribution in [0.3, 0.4) is 0 Å². The molecular formula is C46H54N8O7. The maximum absolute atomic E-state index is 14.0. The van der Waals surface area contributed by atoms with Gasteiger partial charge in [-0.25, -0.2) is 19.6 Å². The normalized spacial score (nSPS) is 19.2. The molecule has 15 heteroatoms. The molecule has 0 saturated carbocycles. The summed E-state index contributed by atoms with van der Waals surface area (Å²) in [5, 5.41) is 7.71. The van der Waals surface area contributed by atoms with Crippen molar-refractivity contribution < 1.29 is 33.4 Å². The summed E-state index contributed by atoms with van der Waals surface area (Å²) in [5.41, 5.74) is 5.88. The number of benzene rings is 3. The molecule has 4 amide bonds. The summed E-state index contributed by atoms with van der Waals surface area (Å²) in [4.78, 5) is 71.9. The van der Waals surface area contributed by atoms with Crippen LogP contribution < -0.4 is 10.6 Å². The molecule has 3 saturated heterocycles. The molecule has 3 fully saturated rings. The Bertz CT molecular complexity index is 2370. The molecule has 0 spiro atoms. The van der Waals surface area contributed by atoms with Crippen molar-refractivity contribution in [2.45, 2.75) is 76.5 Å². The Morgan fingerprint density at radius 1 is 0.672 bits per heavy atom. The summed E-state index contributed by atoms with van der Waals surface area (Å²) in [5.74, 6) is 1.07. The number of carbonyl (C=O) groups excluding carboxylic acids is 4. The first kappa shape index (κ1) is 41.5. The largest absolute Gasteiger partial charge is 0.453 e. The van der Waals surface area contributed by atoms with Crippen molar-refractivity contribution in [3.8, 4) is 33.6 Å². The van der Waals surface area contributed by atoms with E-state index in [-0.39, 0.29) is 35.7 Å². The second-order valence-electron chi connectivity index (χ2n) is 16.5. The molecule has 3 aromatic carbocycles. The number of hydrogen-bond acceptors (Lipinski definition) is 9. The third-order valence-electron chi connectivity index (χ3n) is 12.4. The van der Waals surface area contributed by atoms with Gasteiger partial charge in [-0.15, -0.1) is 0 Å². The maximum atomic E-state index is 14.0. The highest BCUT2D eigenvalue weighted by Gasteiger charge is 2.40. The van der Waals surface area contributed by atoms with E-state index >= 15 is 0 Å². The Morgan fingerprint density at radius 2 is 1.18 bits per heavy atom. The predicted octanol–water partition coefficient (Wildman–Crippen LogP) is 7.15. The SMILES string of the molecule is COC(=O)NC(C(=O)N1CCC[C@H]1c1ncc(-c2ccc3cc(-c4ccc(-c5cnc([C@@H]6CCCN6C(=O)C(NC(=O)OC)C6CCOCC6)[nH]5)cc4)ccc3c2)[nH]1)C(C)C. The number of amides is 4. The number of likely N-dealkylation sites (tertiary alicyclic amines) is 2. The lowest BCUT2D eigenvalue weighted by atomic mass is 9.90. The molecule has 61 heavy (non-hydrogen) atoms. The number of fused-ring (bicyclic) bond motifs is 1. The minimum atomic E-state index is -0.690. The van der Waals surface area contributed by atoms with Crippen LogP contribution >= 0.6 is 0 Å². The van der Waals surface area contributed by atoms with Gasteiger partial charge >= 0.3 is 12.2 Å². The standard InChI is InChI=1S/C46H54N8O7/c1-27(2)39(51-45(57)59-3)43(55)53-19-5-7-37(53)42-48-26-36(50-42)34-16-15-32-23-31(13-14-33(32)24-34)28-9-11-29(12-10-28)35-25-47-41(49-35)38-8-6-20-54(38)44(56)40(52-46(58)60-4)30-17-21-61-22-18-30/h9-16,23-27,30,37-40H,5-8,17-22H2,1-4H3,(H,47,49)(H,48,50)(H,51,57)(H,52,58)/t37-,38-,39?,40?/m0/s1. The summed E-state index contributed by atoms with van der Waals surface area (Å²) in [6.45, 7) is 6.12. The fraction of sp³-hybridized carbons (Fsp3) is 0.435. The fourth-order valence-corrected chi connectivity index (χ4v) is 9.04. The average Bonchev–Trinajstić information content (AvgIpc) is 4.14. The number of aromatic nitrogens is 4. The van der Waals surface area contributed by atoms with Crippen LogP contribution in [0.4, 0.5) is 9.59 Å². The number of imidazole rings is 2. The molecule has 4 atom stereocenters. The molecule has 0 radical (unpaired) electrons. The van der Waals surface area contributed by atoms with E-state index in [4.69, 9.17) is 24.2 Å². The Balaban J connectivity index is 0.935. The average molecular weight is 831 g/mol. The van der Waals surface area contributed by atoms with E-state index in [0.29, 0.717) is 39.1 Å². The molecule has 8 rings (SSSR count). The first-order valence-electron chi connectivity index (χ1n) is 21.2. The quantitative estimate of drug-likeness (QED) is 0.107. The van der Waals surface area contributed by atoms with Crippen molar-refractivity contribution >= 4 is 34.8 Å². The molecule has 0 aliphatic carbocycles. The summed E-state index contributed by atoms with van der Waals surface area (Å²) < 4.78 is 15.2. The van der Waals surface area contributed by atoms with Gasteiger partial charge in [0.1, 0.15) is 23.7 Å². The highest BCUT2D eigenvalue weighted by molar-refractivity contribution is 5.91. The Labute approximate surface area is 354 Å². The molecule has 4 N–H and O–H groups in total. The number of alkyl carbamates (subject to hydrolysis) is 2. The molecule has 2 aromatic heterocycles. The van der Waals surface area contributed by atoms with Crippen molar-refractivity contribution in [1.29, 1.82) is 0 Å². The van der Waals surface area contributed by atoms with Crippen molar-refractivity contribution in [1.82, 2.24) is 40.4 Å². The lowest BCUT2D eigenvalue weighted by molar-refractivity contribution is -0.137.